The summed E-state index contributed by atoms with van der Waals surface area (Å²) in [7, 11) is 1.38. The molecule has 8 nitrogen and oxygen atoms in total. The molecule has 0 aromatic heterocycles. The van der Waals surface area contributed by atoms with Crippen LogP contribution in [0.15, 0.2) is 52.5 Å². The van der Waals surface area contributed by atoms with Crippen LogP contribution in [0.4, 0.5) is 5.69 Å². The van der Waals surface area contributed by atoms with Crippen LogP contribution < -0.4 is 9.64 Å². The Morgan fingerprint density at radius 3 is 2.37 bits per heavy atom. The number of fused-ring (bicyclic) bond motifs is 4. The van der Waals surface area contributed by atoms with Crippen molar-refractivity contribution in [1.29, 1.82) is 0 Å². The molecule has 6 atom stereocenters. The lowest BCUT2D eigenvalue weighted by Gasteiger charge is -2.50. The molecule has 2 aliphatic carbocycles. The fourth-order valence-electron chi connectivity index (χ4n) is 6.89. The molecule has 0 spiro atoms. The van der Waals surface area contributed by atoms with E-state index in [-0.39, 0.29) is 40.2 Å². The van der Waals surface area contributed by atoms with Crippen LogP contribution in [0.25, 0.3) is 0 Å². The molecule has 41 heavy (non-hydrogen) atoms. The van der Waals surface area contributed by atoms with Gasteiger partial charge >= 0.3 is 0 Å². The first-order valence-electron chi connectivity index (χ1n) is 12.6. The van der Waals surface area contributed by atoms with E-state index in [1.807, 2.05) is 6.08 Å². The standard InChI is InChI=1S/C28H21Br2Cl3N2O6/c1-41-19-9-12(8-18(30)22(19)36)21-15-6-7-16-20(24(38)35(23(16)37)14-4-2-13(31)3-5-14)17(15)10-27(32)25(39)34(11-29)26(40)28(21,27)33/h2-6,8-9,16-17,20-21,36H,7,10-11H2,1H3. The molecule has 1 N–H and O–H groups in total. The smallest absolute Gasteiger partial charge is 0.254 e. The van der Waals surface area contributed by atoms with Gasteiger partial charge in [-0.25, -0.2) is 0 Å². The quantitative estimate of drug-likeness (QED) is 0.186. The minimum atomic E-state index is -1.96. The number of benzene rings is 2. The lowest BCUT2D eigenvalue weighted by Crippen LogP contribution is -2.60. The van der Waals surface area contributed by atoms with Gasteiger partial charge in [0.1, 0.15) is 0 Å². The first-order chi connectivity index (χ1) is 19.4. The summed E-state index contributed by atoms with van der Waals surface area (Å²) in [5, 5.41) is 11.0. The summed E-state index contributed by atoms with van der Waals surface area (Å²) >= 11 is 27.1. The number of hydrogen-bond acceptors (Lipinski definition) is 6. The monoisotopic (exact) mass is 744 g/mol. The number of phenolic OH excluding ortho intramolecular Hbond substituents is 1. The van der Waals surface area contributed by atoms with Gasteiger partial charge < -0.3 is 9.84 Å². The van der Waals surface area contributed by atoms with Gasteiger partial charge in [-0.3, -0.25) is 29.0 Å². The normalized spacial score (nSPS) is 32.6. The first-order valence-corrected chi connectivity index (χ1v) is 15.7. The molecule has 6 unspecified atom stereocenters. The zero-order chi connectivity index (χ0) is 29.6. The minimum Gasteiger partial charge on any atom is -0.503 e. The van der Waals surface area contributed by atoms with Crippen LogP contribution in [0.5, 0.6) is 11.5 Å². The summed E-state index contributed by atoms with van der Waals surface area (Å²) in [4.78, 5) is 53.5. The zero-order valence-electron chi connectivity index (χ0n) is 21.2. The number of carbonyl (C=O) groups is 4. The maximum absolute atomic E-state index is 14.0. The van der Waals surface area contributed by atoms with Crippen molar-refractivity contribution in [2.45, 2.75) is 28.5 Å². The molecule has 2 aromatic rings. The van der Waals surface area contributed by atoms with Gasteiger partial charge in [0.25, 0.3) is 11.8 Å². The number of hydrogen-bond donors (Lipinski definition) is 1. The van der Waals surface area contributed by atoms with E-state index < -0.39 is 51.1 Å². The van der Waals surface area contributed by atoms with Gasteiger partial charge in [0, 0.05) is 10.9 Å². The Kier molecular flexibility index (Phi) is 7.05. The van der Waals surface area contributed by atoms with E-state index in [0.29, 0.717) is 21.8 Å². The molecular formula is C28H21Br2Cl3N2O6. The van der Waals surface area contributed by atoms with Crippen LogP contribution >= 0.6 is 66.7 Å². The van der Waals surface area contributed by atoms with Crippen molar-refractivity contribution < 1.29 is 29.0 Å². The average molecular weight is 748 g/mol. The number of ether oxygens (including phenoxy) is 1. The van der Waals surface area contributed by atoms with Crippen LogP contribution in [0.3, 0.4) is 0 Å². The highest BCUT2D eigenvalue weighted by Crippen LogP contribution is 2.66. The number of imide groups is 2. The second-order valence-electron chi connectivity index (χ2n) is 10.5. The largest absolute Gasteiger partial charge is 0.503 e. The van der Waals surface area contributed by atoms with E-state index >= 15 is 0 Å². The van der Waals surface area contributed by atoms with Gasteiger partial charge in [-0.1, -0.05) is 39.2 Å². The van der Waals surface area contributed by atoms with Crippen molar-refractivity contribution in [3.63, 3.8) is 0 Å². The van der Waals surface area contributed by atoms with Crippen molar-refractivity contribution in [1.82, 2.24) is 4.90 Å². The maximum Gasteiger partial charge on any atom is 0.254 e. The number of anilines is 1. The average Bonchev–Trinajstić information content (AvgIpc) is 3.28. The number of rotatable bonds is 4. The molecule has 3 fully saturated rings. The van der Waals surface area contributed by atoms with E-state index in [0.717, 1.165) is 9.80 Å². The Morgan fingerprint density at radius 2 is 1.73 bits per heavy atom. The van der Waals surface area contributed by atoms with E-state index in [4.69, 9.17) is 39.5 Å². The number of methoxy groups -OCH3 is 1. The molecule has 13 heteroatoms. The molecule has 6 rings (SSSR count). The molecular weight excluding hydrogens is 726 g/mol. The third-order valence-corrected chi connectivity index (χ3v) is 11.5. The number of nitrogens with zero attached hydrogens (tertiary/aromatic N) is 2. The van der Waals surface area contributed by atoms with Gasteiger partial charge in [0.05, 0.1) is 34.6 Å². The summed E-state index contributed by atoms with van der Waals surface area (Å²) in [6.45, 7) is 0. The highest BCUT2D eigenvalue weighted by molar-refractivity contribution is 9.10. The SMILES string of the molecule is COc1cc(C2C3=CCC4C(=O)N(c5ccc(Cl)cc5)C(=O)C4C3CC3(Cl)C(=O)N(CBr)C(=O)C23Cl)cc(Br)c1O. The number of alkyl halides is 3. The van der Waals surface area contributed by atoms with Crippen molar-refractivity contribution in [3.05, 3.63) is 63.1 Å². The van der Waals surface area contributed by atoms with Gasteiger partial charge in [-0.05, 0) is 76.7 Å². The molecule has 2 aliphatic heterocycles. The summed E-state index contributed by atoms with van der Waals surface area (Å²) in [5.41, 5.74) is 1.35. The van der Waals surface area contributed by atoms with Crippen LogP contribution in [0.2, 0.25) is 5.02 Å². The Bertz CT molecular complexity index is 1570. The van der Waals surface area contributed by atoms with Gasteiger partial charge in [0.2, 0.25) is 11.8 Å². The van der Waals surface area contributed by atoms with Gasteiger partial charge in [0.15, 0.2) is 21.2 Å². The summed E-state index contributed by atoms with van der Waals surface area (Å²) in [6.07, 6.45) is 1.94. The van der Waals surface area contributed by atoms with Crippen LogP contribution in [-0.2, 0) is 19.2 Å². The van der Waals surface area contributed by atoms with E-state index in [1.165, 1.54) is 13.2 Å². The highest BCUT2D eigenvalue weighted by atomic mass is 79.9. The van der Waals surface area contributed by atoms with Crippen molar-refractivity contribution in [2.75, 3.05) is 17.5 Å². The molecule has 2 saturated heterocycles. The molecule has 4 aliphatic rings. The molecule has 0 bridgehead atoms. The fourth-order valence-corrected chi connectivity index (χ4v) is 8.90. The van der Waals surface area contributed by atoms with Crippen molar-refractivity contribution in [3.8, 4) is 11.5 Å². The number of likely N-dealkylation sites (tertiary alicyclic amines) is 1. The van der Waals surface area contributed by atoms with Gasteiger partial charge in [-0.2, -0.15) is 0 Å². The molecule has 1 saturated carbocycles. The Hall–Kier alpha value is -2.11. The fraction of sp³-hybridized carbons (Fsp3) is 0.357. The van der Waals surface area contributed by atoms with E-state index in [1.54, 1.807) is 30.3 Å². The second kappa shape index (κ2) is 9.98. The predicted octanol–water partition coefficient (Wildman–Crippen LogP) is 5.73. The number of phenols is 1. The molecule has 214 valence electrons. The lowest BCUT2D eigenvalue weighted by molar-refractivity contribution is -0.138. The van der Waals surface area contributed by atoms with E-state index in [2.05, 4.69) is 31.9 Å². The first kappa shape index (κ1) is 29.0. The third kappa shape index (κ3) is 3.83. The number of carbonyl (C=O) groups excluding carboxylic acids is 4. The number of allylic oxidation sites excluding steroid dienone is 2. The van der Waals surface area contributed by atoms with Crippen LogP contribution in [0.1, 0.15) is 24.3 Å². The molecule has 2 heterocycles. The number of aromatic hydroxyl groups is 1. The Labute approximate surface area is 266 Å². The Balaban J connectivity index is 1.54. The molecule has 0 radical (unpaired) electrons. The predicted molar refractivity (Wildman–Crippen MR) is 160 cm³/mol. The zero-order valence-corrected chi connectivity index (χ0v) is 26.7. The molecule has 2 aromatic carbocycles. The number of halogens is 5. The molecule has 4 amide bonds. The third-order valence-electron chi connectivity index (χ3n) is 8.70. The van der Waals surface area contributed by atoms with Crippen LogP contribution in [0, 0.1) is 17.8 Å². The maximum atomic E-state index is 14.0. The van der Waals surface area contributed by atoms with E-state index in [9.17, 15) is 24.3 Å². The topological polar surface area (TPSA) is 104 Å². The lowest BCUT2D eigenvalue weighted by atomic mass is 9.56. The van der Waals surface area contributed by atoms with Crippen molar-refractivity contribution in [2.24, 2.45) is 17.8 Å². The Morgan fingerprint density at radius 1 is 1.05 bits per heavy atom. The summed E-state index contributed by atoms with van der Waals surface area (Å²) in [5.74, 6) is -5.36. The second-order valence-corrected chi connectivity index (χ2v) is 13.6. The number of amides is 4. The van der Waals surface area contributed by atoms with Crippen molar-refractivity contribution >= 4 is 96.0 Å². The minimum absolute atomic E-state index is 0.112. The highest BCUT2D eigenvalue weighted by Gasteiger charge is 2.76. The van der Waals surface area contributed by atoms with Crippen LogP contribution in [-0.4, -0.2) is 55.9 Å². The summed E-state index contributed by atoms with van der Waals surface area (Å²) < 4.78 is 5.64. The summed E-state index contributed by atoms with van der Waals surface area (Å²) in [6, 6.07) is 9.54. The van der Waals surface area contributed by atoms with Gasteiger partial charge in [-0.15, -0.1) is 23.2 Å².